The van der Waals surface area contributed by atoms with Crippen molar-refractivity contribution in [3.8, 4) is 0 Å². The second-order valence-electron chi connectivity index (χ2n) is 3.93. The standard InChI is InChI=1S/C10H13Cl2N3O/c1-6-8(10(12)14-13-9(6)11)15-4-2-3-7(15)5-16/h7,16H,2-5H2,1H3. The van der Waals surface area contributed by atoms with E-state index in [9.17, 15) is 5.11 Å². The van der Waals surface area contributed by atoms with Crippen LogP contribution in [0, 0.1) is 6.92 Å². The molecule has 1 aliphatic heterocycles. The molecule has 1 N–H and O–H groups in total. The molecular formula is C10H13Cl2N3O. The lowest BCUT2D eigenvalue weighted by Gasteiger charge is -2.27. The van der Waals surface area contributed by atoms with E-state index in [0.717, 1.165) is 30.6 Å². The van der Waals surface area contributed by atoms with Crippen LogP contribution < -0.4 is 4.90 Å². The average molecular weight is 262 g/mol. The Morgan fingerprint density at radius 1 is 1.38 bits per heavy atom. The van der Waals surface area contributed by atoms with Crippen molar-refractivity contribution in [1.82, 2.24) is 10.2 Å². The average Bonchev–Trinajstić information content (AvgIpc) is 2.72. The van der Waals surface area contributed by atoms with E-state index in [-0.39, 0.29) is 12.6 Å². The number of aliphatic hydroxyl groups excluding tert-OH is 1. The molecule has 0 saturated carbocycles. The Balaban J connectivity index is 2.43. The Labute approximate surface area is 104 Å². The van der Waals surface area contributed by atoms with Crippen molar-refractivity contribution in [3.63, 3.8) is 0 Å². The van der Waals surface area contributed by atoms with Gasteiger partial charge in [-0.05, 0) is 19.8 Å². The molecule has 0 bridgehead atoms. The SMILES string of the molecule is Cc1c(Cl)nnc(Cl)c1N1CCCC1CO. The second kappa shape index (κ2) is 4.73. The summed E-state index contributed by atoms with van der Waals surface area (Å²) in [6.45, 7) is 2.86. The Morgan fingerprint density at radius 3 is 2.75 bits per heavy atom. The lowest BCUT2D eigenvalue weighted by molar-refractivity contribution is 0.266. The molecule has 1 aromatic rings. The van der Waals surface area contributed by atoms with Crippen molar-refractivity contribution in [3.05, 3.63) is 15.9 Å². The van der Waals surface area contributed by atoms with E-state index in [0.29, 0.717) is 10.3 Å². The number of rotatable bonds is 2. The van der Waals surface area contributed by atoms with Gasteiger partial charge in [-0.3, -0.25) is 0 Å². The zero-order valence-corrected chi connectivity index (χ0v) is 10.5. The molecule has 1 aromatic heterocycles. The summed E-state index contributed by atoms with van der Waals surface area (Å²) in [5.41, 5.74) is 1.63. The maximum atomic E-state index is 9.30. The topological polar surface area (TPSA) is 49.2 Å². The molecule has 0 radical (unpaired) electrons. The van der Waals surface area contributed by atoms with Gasteiger partial charge in [-0.1, -0.05) is 23.2 Å². The van der Waals surface area contributed by atoms with E-state index in [1.807, 2.05) is 6.92 Å². The lowest BCUT2D eigenvalue weighted by Crippen LogP contribution is -2.33. The van der Waals surface area contributed by atoms with E-state index in [1.54, 1.807) is 0 Å². The third kappa shape index (κ3) is 1.97. The summed E-state index contributed by atoms with van der Waals surface area (Å²) in [6, 6.07) is 0.108. The van der Waals surface area contributed by atoms with Crippen LogP contribution in [0.1, 0.15) is 18.4 Å². The van der Waals surface area contributed by atoms with Gasteiger partial charge in [-0.2, -0.15) is 0 Å². The fourth-order valence-electron chi connectivity index (χ4n) is 2.12. The van der Waals surface area contributed by atoms with Crippen LogP contribution in [0.2, 0.25) is 10.3 Å². The molecule has 6 heteroatoms. The molecule has 4 nitrogen and oxygen atoms in total. The molecule has 0 aromatic carbocycles. The van der Waals surface area contributed by atoms with E-state index in [1.165, 1.54) is 0 Å². The fourth-order valence-corrected chi connectivity index (χ4v) is 2.53. The van der Waals surface area contributed by atoms with Gasteiger partial charge in [0.15, 0.2) is 10.3 Å². The number of nitrogens with zero attached hydrogens (tertiary/aromatic N) is 3. The number of halogens is 2. The van der Waals surface area contributed by atoms with Crippen LogP contribution in [-0.4, -0.2) is 34.5 Å². The molecule has 88 valence electrons. The monoisotopic (exact) mass is 261 g/mol. The molecular weight excluding hydrogens is 249 g/mol. The highest BCUT2D eigenvalue weighted by molar-refractivity contribution is 6.34. The first kappa shape index (κ1) is 11.9. The van der Waals surface area contributed by atoms with E-state index in [2.05, 4.69) is 15.1 Å². The summed E-state index contributed by atoms with van der Waals surface area (Å²) in [5.74, 6) is 0. The van der Waals surface area contributed by atoms with Crippen LogP contribution in [0.15, 0.2) is 0 Å². The molecule has 16 heavy (non-hydrogen) atoms. The summed E-state index contributed by atoms with van der Waals surface area (Å²) in [4.78, 5) is 2.07. The third-order valence-corrected chi connectivity index (χ3v) is 3.57. The molecule has 1 fully saturated rings. The van der Waals surface area contributed by atoms with Crippen molar-refractivity contribution < 1.29 is 5.11 Å². The van der Waals surface area contributed by atoms with Gasteiger partial charge in [0, 0.05) is 12.1 Å². The normalized spacial score (nSPS) is 20.5. The van der Waals surface area contributed by atoms with Crippen molar-refractivity contribution in [2.45, 2.75) is 25.8 Å². The molecule has 2 heterocycles. The Kier molecular flexibility index (Phi) is 3.52. The number of anilines is 1. The van der Waals surface area contributed by atoms with E-state index < -0.39 is 0 Å². The van der Waals surface area contributed by atoms with Crippen LogP contribution in [0.5, 0.6) is 0 Å². The molecule has 1 saturated heterocycles. The number of hydrogen-bond acceptors (Lipinski definition) is 4. The highest BCUT2D eigenvalue weighted by Gasteiger charge is 2.28. The molecule has 0 amide bonds. The van der Waals surface area contributed by atoms with Gasteiger partial charge in [0.05, 0.1) is 18.3 Å². The van der Waals surface area contributed by atoms with Gasteiger partial charge in [0.25, 0.3) is 0 Å². The van der Waals surface area contributed by atoms with E-state index in [4.69, 9.17) is 23.2 Å². The predicted molar refractivity (Wildman–Crippen MR) is 64.2 cm³/mol. The van der Waals surface area contributed by atoms with Gasteiger partial charge in [-0.25, -0.2) is 0 Å². The molecule has 2 rings (SSSR count). The largest absolute Gasteiger partial charge is 0.394 e. The summed E-state index contributed by atoms with van der Waals surface area (Å²) in [5, 5.41) is 17.6. The quantitative estimate of drug-likeness (QED) is 0.886. The summed E-state index contributed by atoms with van der Waals surface area (Å²) in [6.07, 6.45) is 2.01. The van der Waals surface area contributed by atoms with Gasteiger partial charge in [0.1, 0.15) is 0 Å². The van der Waals surface area contributed by atoms with Crippen molar-refractivity contribution in [2.75, 3.05) is 18.1 Å². The third-order valence-electron chi connectivity index (χ3n) is 2.96. The first-order valence-electron chi connectivity index (χ1n) is 5.21. The summed E-state index contributed by atoms with van der Waals surface area (Å²) in [7, 11) is 0. The Morgan fingerprint density at radius 2 is 2.06 bits per heavy atom. The van der Waals surface area contributed by atoms with Crippen LogP contribution in [0.25, 0.3) is 0 Å². The molecule has 1 atom stereocenters. The molecule has 1 aliphatic rings. The minimum Gasteiger partial charge on any atom is -0.394 e. The minimum absolute atomic E-state index is 0.108. The van der Waals surface area contributed by atoms with E-state index >= 15 is 0 Å². The maximum absolute atomic E-state index is 9.30. The predicted octanol–water partition coefficient (Wildman–Crippen LogP) is 2.05. The molecule has 1 unspecified atom stereocenters. The van der Waals surface area contributed by atoms with Gasteiger partial charge in [0.2, 0.25) is 0 Å². The fraction of sp³-hybridized carbons (Fsp3) is 0.600. The van der Waals surface area contributed by atoms with Crippen molar-refractivity contribution in [2.24, 2.45) is 0 Å². The van der Waals surface area contributed by atoms with Crippen LogP contribution in [0.3, 0.4) is 0 Å². The second-order valence-corrected chi connectivity index (χ2v) is 4.64. The smallest absolute Gasteiger partial charge is 0.175 e. The van der Waals surface area contributed by atoms with Gasteiger partial charge >= 0.3 is 0 Å². The van der Waals surface area contributed by atoms with Crippen LogP contribution in [0.4, 0.5) is 5.69 Å². The molecule has 0 aliphatic carbocycles. The van der Waals surface area contributed by atoms with Crippen molar-refractivity contribution in [1.29, 1.82) is 0 Å². The zero-order valence-electron chi connectivity index (χ0n) is 8.95. The number of aliphatic hydroxyl groups is 1. The van der Waals surface area contributed by atoms with Crippen LogP contribution in [-0.2, 0) is 0 Å². The minimum atomic E-state index is 0.108. The summed E-state index contributed by atoms with van der Waals surface area (Å²) < 4.78 is 0. The van der Waals surface area contributed by atoms with Crippen molar-refractivity contribution >= 4 is 28.9 Å². The highest BCUT2D eigenvalue weighted by Crippen LogP contribution is 2.35. The van der Waals surface area contributed by atoms with Gasteiger partial charge in [-0.15, -0.1) is 10.2 Å². The van der Waals surface area contributed by atoms with Crippen LogP contribution >= 0.6 is 23.2 Å². The Hall–Kier alpha value is -0.580. The van der Waals surface area contributed by atoms with Gasteiger partial charge < -0.3 is 10.0 Å². The first-order valence-corrected chi connectivity index (χ1v) is 5.96. The lowest BCUT2D eigenvalue weighted by atomic mass is 10.2. The number of aromatic nitrogens is 2. The summed E-state index contributed by atoms with van der Waals surface area (Å²) >= 11 is 12.0. The first-order chi connectivity index (χ1) is 7.65. The maximum Gasteiger partial charge on any atom is 0.175 e. The molecule has 0 spiro atoms. The number of hydrogen-bond donors (Lipinski definition) is 1. The highest BCUT2D eigenvalue weighted by atomic mass is 35.5. The zero-order chi connectivity index (χ0) is 11.7. The Bertz CT molecular complexity index is 400.